The van der Waals surface area contributed by atoms with Crippen LogP contribution >= 0.6 is 0 Å². The van der Waals surface area contributed by atoms with E-state index in [1.54, 1.807) is 13.3 Å². The Kier molecular flexibility index (Phi) is 4.61. The zero-order valence-electron chi connectivity index (χ0n) is 13.7. The number of carbonyl (C=O) groups excluding carboxylic acids is 1. The van der Waals surface area contributed by atoms with Crippen molar-refractivity contribution in [1.29, 1.82) is 0 Å². The summed E-state index contributed by atoms with van der Waals surface area (Å²) in [5.41, 5.74) is 1.02. The summed E-state index contributed by atoms with van der Waals surface area (Å²) >= 11 is 0. The van der Waals surface area contributed by atoms with Crippen molar-refractivity contribution in [2.75, 3.05) is 20.3 Å². The summed E-state index contributed by atoms with van der Waals surface area (Å²) < 4.78 is 6.78. The number of H-pyrrole nitrogens is 1. The molecule has 7 heteroatoms. The lowest BCUT2D eigenvalue weighted by Crippen LogP contribution is -2.35. The van der Waals surface area contributed by atoms with Crippen LogP contribution in [-0.4, -0.2) is 40.9 Å². The van der Waals surface area contributed by atoms with Crippen LogP contribution in [0.15, 0.2) is 35.3 Å². The smallest absolute Gasteiger partial charge is 0.288 e. The maximum absolute atomic E-state index is 12.6. The van der Waals surface area contributed by atoms with Gasteiger partial charge >= 0.3 is 0 Å². The van der Waals surface area contributed by atoms with Gasteiger partial charge in [-0.3, -0.25) is 9.59 Å². The first kappa shape index (κ1) is 16.2. The van der Waals surface area contributed by atoms with E-state index in [-0.39, 0.29) is 11.5 Å². The number of amides is 1. The van der Waals surface area contributed by atoms with Gasteiger partial charge in [0.25, 0.3) is 5.56 Å². The number of carbonyl (C=O) groups is 1. The molecule has 1 aromatic carbocycles. The average molecular weight is 328 g/mol. The van der Waals surface area contributed by atoms with Crippen LogP contribution in [0.2, 0.25) is 0 Å². The van der Waals surface area contributed by atoms with E-state index in [4.69, 9.17) is 4.74 Å². The van der Waals surface area contributed by atoms with Crippen molar-refractivity contribution in [3.05, 3.63) is 40.8 Å². The first-order valence-corrected chi connectivity index (χ1v) is 7.92. The van der Waals surface area contributed by atoms with Crippen LogP contribution in [0, 0.1) is 0 Å². The molecular formula is C17H20N4O3. The van der Waals surface area contributed by atoms with Crippen molar-refractivity contribution in [2.24, 2.45) is 0 Å². The van der Waals surface area contributed by atoms with Gasteiger partial charge in [-0.15, -0.1) is 0 Å². The highest BCUT2D eigenvalue weighted by molar-refractivity contribution is 6.08. The lowest BCUT2D eigenvalue weighted by Gasteiger charge is -2.19. The van der Waals surface area contributed by atoms with Crippen LogP contribution in [0.5, 0.6) is 0 Å². The minimum absolute atomic E-state index is 0.131. The lowest BCUT2D eigenvalue weighted by atomic mass is 10.2. The fourth-order valence-electron chi connectivity index (χ4n) is 3.06. The third-order valence-electron chi connectivity index (χ3n) is 4.13. The molecule has 0 bridgehead atoms. The van der Waals surface area contributed by atoms with Crippen molar-refractivity contribution in [3.8, 4) is 0 Å². The third kappa shape index (κ3) is 2.67. The highest BCUT2D eigenvalue weighted by Crippen LogP contribution is 2.30. The van der Waals surface area contributed by atoms with Gasteiger partial charge in [0.2, 0.25) is 5.91 Å². The molecule has 0 aliphatic heterocycles. The Hall–Kier alpha value is -2.67. The maximum Gasteiger partial charge on any atom is 0.288 e. The summed E-state index contributed by atoms with van der Waals surface area (Å²) in [5, 5.41) is 10.9. The molecule has 3 rings (SSSR count). The summed E-state index contributed by atoms with van der Waals surface area (Å²) in [6.07, 6.45) is 2.19. The second kappa shape index (κ2) is 6.84. The largest absolute Gasteiger partial charge is 0.383 e. The molecule has 2 aromatic heterocycles. The highest BCUT2D eigenvalue weighted by Gasteiger charge is 2.24. The Morgan fingerprint density at radius 2 is 2.17 bits per heavy atom. The first-order valence-electron chi connectivity index (χ1n) is 7.92. The predicted molar refractivity (Wildman–Crippen MR) is 92.1 cm³/mol. The van der Waals surface area contributed by atoms with Gasteiger partial charge in [-0.2, -0.15) is 5.10 Å². The van der Waals surface area contributed by atoms with Crippen molar-refractivity contribution >= 4 is 27.7 Å². The van der Waals surface area contributed by atoms with Gasteiger partial charge in [-0.05, 0) is 12.5 Å². The Labute approximate surface area is 138 Å². The van der Waals surface area contributed by atoms with Gasteiger partial charge in [0.15, 0.2) is 0 Å². The number of aromatic amines is 1. The van der Waals surface area contributed by atoms with E-state index < -0.39 is 6.04 Å². The van der Waals surface area contributed by atoms with Crippen LogP contribution in [-0.2, 0) is 9.53 Å². The van der Waals surface area contributed by atoms with E-state index in [2.05, 4.69) is 15.5 Å². The molecule has 24 heavy (non-hydrogen) atoms. The minimum Gasteiger partial charge on any atom is -0.383 e. The van der Waals surface area contributed by atoms with Crippen molar-refractivity contribution in [1.82, 2.24) is 20.1 Å². The number of nitrogens with zero attached hydrogens (tertiary/aromatic N) is 2. The van der Waals surface area contributed by atoms with E-state index in [1.807, 2.05) is 35.8 Å². The molecule has 126 valence electrons. The summed E-state index contributed by atoms with van der Waals surface area (Å²) in [6, 6.07) is 7.18. The molecule has 0 saturated heterocycles. The maximum atomic E-state index is 12.6. The number of ether oxygens (including phenoxy) is 1. The molecule has 0 aliphatic carbocycles. The van der Waals surface area contributed by atoms with Crippen LogP contribution in [0.25, 0.3) is 21.8 Å². The molecule has 0 aliphatic rings. The van der Waals surface area contributed by atoms with Gasteiger partial charge in [0.05, 0.1) is 18.3 Å². The Bertz CT molecular complexity index is 928. The summed E-state index contributed by atoms with van der Waals surface area (Å²) in [6.45, 7) is 2.80. The molecule has 1 atom stereocenters. The summed E-state index contributed by atoms with van der Waals surface area (Å²) in [4.78, 5) is 25.0. The Morgan fingerprint density at radius 1 is 1.38 bits per heavy atom. The van der Waals surface area contributed by atoms with E-state index in [1.165, 1.54) is 0 Å². The number of nitrogens with one attached hydrogen (secondary N) is 2. The van der Waals surface area contributed by atoms with Gasteiger partial charge in [0, 0.05) is 24.4 Å². The molecule has 0 spiro atoms. The predicted octanol–water partition coefficient (Wildman–Crippen LogP) is 1.59. The van der Waals surface area contributed by atoms with E-state index in [0.29, 0.717) is 25.1 Å². The minimum atomic E-state index is -0.479. The fourth-order valence-corrected chi connectivity index (χ4v) is 3.06. The molecule has 3 aromatic rings. The molecule has 0 unspecified atom stereocenters. The lowest BCUT2D eigenvalue weighted by molar-refractivity contribution is -0.124. The zero-order chi connectivity index (χ0) is 17.1. The number of hydrogen-bond donors (Lipinski definition) is 2. The second-order valence-corrected chi connectivity index (χ2v) is 5.56. The van der Waals surface area contributed by atoms with Crippen LogP contribution in [0.4, 0.5) is 0 Å². The number of benzene rings is 1. The Balaban J connectivity index is 2.18. The average Bonchev–Trinajstić information content (AvgIpc) is 2.92. The van der Waals surface area contributed by atoms with Crippen LogP contribution < -0.4 is 10.9 Å². The van der Waals surface area contributed by atoms with Crippen molar-refractivity contribution in [3.63, 3.8) is 0 Å². The van der Waals surface area contributed by atoms with E-state index in [9.17, 15) is 9.59 Å². The Morgan fingerprint density at radius 3 is 2.92 bits per heavy atom. The van der Waals surface area contributed by atoms with Gasteiger partial charge in [-0.1, -0.05) is 25.1 Å². The molecule has 7 nitrogen and oxygen atoms in total. The number of methoxy groups -OCH3 is 1. The molecule has 2 N–H and O–H groups in total. The SMILES string of the molecule is CC[C@H](C(=O)NCCOC)n1c2ccccc2c2cn[nH]c(=O)c21. The van der Waals surface area contributed by atoms with Gasteiger partial charge in [0.1, 0.15) is 11.6 Å². The fraction of sp³-hybridized carbons (Fsp3) is 0.353. The van der Waals surface area contributed by atoms with Crippen molar-refractivity contribution < 1.29 is 9.53 Å². The van der Waals surface area contributed by atoms with Gasteiger partial charge in [-0.25, -0.2) is 5.10 Å². The normalized spacial score (nSPS) is 12.6. The molecule has 1 amide bonds. The molecule has 2 heterocycles. The quantitative estimate of drug-likeness (QED) is 0.673. The van der Waals surface area contributed by atoms with Crippen LogP contribution in [0.3, 0.4) is 0 Å². The topological polar surface area (TPSA) is 89.0 Å². The first-order chi connectivity index (χ1) is 11.7. The zero-order valence-corrected chi connectivity index (χ0v) is 13.7. The monoisotopic (exact) mass is 328 g/mol. The molecule has 0 fully saturated rings. The molecular weight excluding hydrogens is 308 g/mol. The number of rotatable bonds is 6. The number of hydrogen-bond acceptors (Lipinski definition) is 4. The summed E-state index contributed by atoms with van der Waals surface area (Å²) in [7, 11) is 1.59. The molecule has 0 saturated carbocycles. The summed E-state index contributed by atoms with van der Waals surface area (Å²) in [5.74, 6) is -0.131. The second-order valence-electron chi connectivity index (χ2n) is 5.56. The van der Waals surface area contributed by atoms with Crippen LogP contribution in [0.1, 0.15) is 19.4 Å². The van der Waals surface area contributed by atoms with Gasteiger partial charge < -0.3 is 14.6 Å². The molecule has 0 radical (unpaired) electrons. The van der Waals surface area contributed by atoms with E-state index in [0.717, 1.165) is 16.3 Å². The number of aromatic nitrogens is 3. The number of para-hydroxylation sites is 1. The highest BCUT2D eigenvalue weighted by atomic mass is 16.5. The van der Waals surface area contributed by atoms with Crippen molar-refractivity contribution in [2.45, 2.75) is 19.4 Å². The number of fused-ring (bicyclic) bond motifs is 3. The third-order valence-corrected chi connectivity index (χ3v) is 4.13. The standard InChI is InChI=1S/C17H20N4O3/c1-3-13(16(22)18-8-9-24-2)21-14-7-5-4-6-11(14)12-10-19-20-17(23)15(12)21/h4-7,10,13H,3,8-9H2,1-2H3,(H,18,22)(H,20,23)/t13-/m1/s1. The van der Waals surface area contributed by atoms with E-state index >= 15 is 0 Å².